The lowest BCUT2D eigenvalue weighted by molar-refractivity contribution is -0.152. The monoisotopic (exact) mass is 500 g/mol. The van der Waals surface area contributed by atoms with Gasteiger partial charge in [-0.3, -0.25) is 14.4 Å². The quantitative estimate of drug-likeness (QED) is 0.330. The third-order valence-corrected chi connectivity index (χ3v) is 7.26. The third-order valence-electron chi connectivity index (χ3n) is 7.26. The first-order valence-electron chi connectivity index (χ1n) is 11.2. The van der Waals surface area contributed by atoms with E-state index in [0.717, 1.165) is 0 Å². The number of carbonyl (C=O) groups excluding carboxylic acids is 3. The number of carbonyl (C=O) groups is 3. The van der Waals surface area contributed by atoms with Crippen LogP contribution < -0.4 is 5.73 Å². The lowest BCUT2D eigenvalue weighted by Crippen LogP contribution is -2.62. The number of Topliss-reactive ketones (excluding diaryl/α,β-unsaturated/α-hetero) is 2. The molecule has 0 saturated heterocycles. The standard InChI is InChI=1S/C27H20N2O8/c28-10-12-6-4-11(5-7-12)8-14-13-2-1-3-16(30)18(13)23(33)21-19(14)22(32)15-9-17(31)20(26(29)36)24(34)27(15,37)25(21)35/h1-8,15,19,22,30-32,35,37H,9H2,(H2,29,36)/b14-8+. The van der Waals surface area contributed by atoms with Crippen molar-refractivity contribution in [2.45, 2.75) is 18.1 Å². The number of fused-ring (bicyclic) bond motifs is 3. The Balaban J connectivity index is 1.80. The first-order chi connectivity index (χ1) is 17.5. The molecule has 0 radical (unpaired) electrons. The van der Waals surface area contributed by atoms with Crippen LogP contribution in [-0.2, 0) is 9.59 Å². The number of aliphatic hydroxyl groups is 4. The van der Waals surface area contributed by atoms with E-state index in [1.807, 2.05) is 6.07 Å². The van der Waals surface area contributed by atoms with Gasteiger partial charge in [-0.15, -0.1) is 0 Å². The number of primary amides is 1. The normalized spacial score (nSPS) is 27.9. The highest BCUT2D eigenvalue weighted by Gasteiger charge is 2.63. The van der Waals surface area contributed by atoms with Crippen LogP contribution >= 0.6 is 0 Å². The lowest BCUT2D eigenvalue weighted by Gasteiger charge is -2.49. The van der Waals surface area contributed by atoms with Crippen LogP contribution in [0.15, 0.2) is 65.1 Å². The number of amides is 1. The van der Waals surface area contributed by atoms with Crippen LogP contribution in [0.3, 0.4) is 0 Å². The van der Waals surface area contributed by atoms with Crippen molar-refractivity contribution in [1.82, 2.24) is 0 Å². The van der Waals surface area contributed by atoms with Crippen molar-refractivity contribution < 1.29 is 39.9 Å². The van der Waals surface area contributed by atoms with Gasteiger partial charge in [0.25, 0.3) is 5.91 Å². The number of benzene rings is 2. The Morgan fingerprint density at radius 1 is 1.11 bits per heavy atom. The summed E-state index contributed by atoms with van der Waals surface area (Å²) in [6, 6.07) is 12.6. The molecule has 1 amide bonds. The predicted octanol–water partition coefficient (Wildman–Crippen LogP) is 1.42. The largest absolute Gasteiger partial charge is 0.511 e. The number of allylic oxidation sites excluding steroid dienone is 1. The number of rotatable bonds is 2. The number of nitrogens with two attached hydrogens (primary N) is 1. The SMILES string of the molecule is N#Cc1ccc(/C=C2\c3cccc(O)c3C(=O)C3=C(O)C4(O)C(=O)C(C(N)=O)=C(O)CC4C(O)C32)cc1. The van der Waals surface area contributed by atoms with Crippen LogP contribution in [0, 0.1) is 23.2 Å². The number of phenolic OH excluding ortho intramolecular Hbond substituents is 1. The Labute approximate surface area is 209 Å². The van der Waals surface area contributed by atoms with E-state index in [1.165, 1.54) is 12.1 Å². The summed E-state index contributed by atoms with van der Waals surface area (Å²) < 4.78 is 0. The number of nitriles is 1. The molecule has 0 aromatic heterocycles. The summed E-state index contributed by atoms with van der Waals surface area (Å²) in [6.45, 7) is 0. The highest BCUT2D eigenvalue weighted by molar-refractivity contribution is 6.25. The van der Waals surface area contributed by atoms with Gasteiger partial charge >= 0.3 is 0 Å². The Morgan fingerprint density at radius 3 is 2.41 bits per heavy atom. The second kappa shape index (κ2) is 8.16. The molecule has 3 aliphatic carbocycles. The Morgan fingerprint density at radius 2 is 1.78 bits per heavy atom. The highest BCUT2D eigenvalue weighted by Crippen LogP contribution is 2.55. The zero-order chi connectivity index (χ0) is 26.8. The van der Waals surface area contributed by atoms with Crippen LogP contribution in [0.2, 0.25) is 0 Å². The maximum absolute atomic E-state index is 13.6. The van der Waals surface area contributed by atoms with Crippen LogP contribution in [0.1, 0.15) is 33.5 Å². The minimum absolute atomic E-state index is 0.216. The predicted molar refractivity (Wildman–Crippen MR) is 128 cm³/mol. The number of phenols is 1. The van der Waals surface area contributed by atoms with Crippen molar-refractivity contribution in [2.75, 3.05) is 0 Å². The number of hydrogen-bond donors (Lipinski definition) is 6. The fourth-order valence-corrected chi connectivity index (χ4v) is 5.52. The van der Waals surface area contributed by atoms with Crippen molar-refractivity contribution in [3.63, 3.8) is 0 Å². The summed E-state index contributed by atoms with van der Waals surface area (Å²) in [5.74, 6) is -8.79. The van der Waals surface area contributed by atoms with Crippen molar-refractivity contribution >= 4 is 29.1 Å². The molecule has 4 unspecified atom stereocenters. The fraction of sp³-hybridized carbons (Fsp3) is 0.185. The van der Waals surface area contributed by atoms with Gasteiger partial charge in [0.1, 0.15) is 22.8 Å². The number of aliphatic hydroxyl groups excluding tert-OH is 3. The van der Waals surface area contributed by atoms with Crippen molar-refractivity contribution in [1.29, 1.82) is 5.26 Å². The molecule has 0 aliphatic heterocycles. The van der Waals surface area contributed by atoms with Gasteiger partial charge < -0.3 is 31.3 Å². The van der Waals surface area contributed by atoms with Gasteiger partial charge in [-0.2, -0.15) is 5.26 Å². The van der Waals surface area contributed by atoms with E-state index in [2.05, 4.69) is 0 Å². The van der Waals surface area contributed by atoms with Crippen LogP contribution in [-0.4, -0.2) is 54.7 Å². The Bertz CT molecular complexity index is 1540. The molecule has 7 N–H and O–H groups in total. The van der Waals surface area contributed by atoms with Crippen molar-refractivity contribution in [2.24, 2.45) is 17.6 Å². The van der Waals surface area contributed by atoms with Gasteiger partial charge in [-0.05, 0) is 34.9 Å². The van der Waals surface area contributed by atoms with Crippen molar-refractivity contribution in [3.8, 4) is 11.8 Å². The van der Waals surface area contributed by atoms with E-state index in [4.69, 9.17) is 11.0 Å². The zero-order valence-corrected chi connectivity index (χ0v) is 19.0. The first kappa shape index (κ1) is 24.0. The summed E-state index contributed by atoms with van der Waals surface area (Å²) in [5, 5.41) is 64.1. The zero-order valence-electron chi connectivity index (χ0n) is 19.0. The van der Waals surface area contributed by atoms with Gasteiger partial charge in [0, 0.05) is 18.3 Å². The molecule has 0 heterocycles. The molecule has 4 atom stereocenters. The molecule has 3 aliphatic rings. The molecule has 5 rings (SSSR count). The van der Waals surface area contributed by atoms with E-state index in [-0.39, 0.29) is 16.7 Å². The van der Waals surface area contributed by atoms with Gasteiger partial charge in [-0.1, -0.05) is 30.3 Å². The van der Waals surface area contributed by atoms with Gasteiger partial charge in [-0.25, -0.2) is 0 Å². The molecular weight excluding hydrogens is 480 g/mol. The maximum atomic E-state index is 13.6. The summed E-state index contributed by atoms with van der Waals surface area (Å²) in [4.78, 5) is 38.5. The van der Waals surface area contributed by atoms with Gasteiger partial charge in [0.15, 0.2) is 11.4 Å². The van der Waals surface area contributed by atoms with E-state index in [1.54, 1.807) is 36.4 Å². The molecule has 2 aromatic rings. The maximum Gasteiger partial charge on any atom is 0.255 e. The molecule has 0 fully saturated rings. The second-order valence-electron chi connectivity index (χ2n) is 9.18. The number of ketones is 2. The van der Waals surface area contributed by atoms with E-state index >= 15 is 0 Å². The number of nitrogens with zero attached hydrogens (tertiary/aromatic N) is 1. The van der Waals surface area contributed by atoms with Crippen LogP contribution in [0.25, 0.3) is 11.6 Å². The third kappa shape index (κ3) is 3.22. The second-order valence-corrected chi connectivity index (χ2v) is 9.18. The lowest BCUT2D eigenvalue weighted by atomic mass is 9.57. The number of aromatic hydroxyl groups is 1. The molecule has 0 saturated carbocycles. The Hall–Kier alpha value is -4.72. The first-order valence-corrected chi connectivity index (χ1v) is 11.2. The molecule has 0 spiro atoms. The average Bonchev–Trinajstić information content (AvgIpc) is 2.86. The minimum Gasteiger partial charge on any atom is -0.511 e. The van der Waals surface area contributed by atoms with Gasteiger partial charge in [0.05, 0.1) is 28.9 Å². The smallest absolute Gasteiger partial charge is 0.255 e. The molecule has 10 nitrogen and oxygen atoms in total. The number of hydrogen-bond acceptors (Lipinski definition) is 9. The van der Waals surface area contributed by atoms with E-state index in [9.17, 15) is 39.9 Å². The molecule has 10 heteroatoms. The molecule has 2 aromatic carbocycles. The summed E-state index contributed by atoms with van der Waals surface area (Å²) >= 11 is 0. The topological polar surface area (TPSA) is 202 Å². The molecular formula is C27H20N2O8. The highest BCUT2D eigenvalue weighted by atomic mass is 16.4. The molecule has 186 valence electrons. The summed E-state index contributed by atoms with van der Waals surface area (Å²) in [7, 11) is 0. The van der Waals surface area contributed by atoms with Crippen molar-refractivity contribution in [3.05, 3.63) is 87.4 Å². The Kier molecular flexibility index (Phi) is 5.29. The summed E-state index contributed by atoms with van der Waals surface area (Å²) in [6.07, 6.45) is -0.687. The summed E-state index contributed by atoms with van der Waals surface area (Å²) in [5.41, 5.74) is 2.09. The fourth-order valence-electron chi connectivity index (χ4n) is 5.52. The van der Waals surface area contributed by atoms with Gasteiger partial charge in [0.2, 0.25) is 5.78 Å². The average molecular weight is 500 g/mol. The van der Waals surface area contributed by atoms with Crippen LogP contribution in [0.4, 0.5) is 0 Å². The van der Waals surface area contributed by atoms with E-state index < -0.39 is 75.8 Å². The molecule has 37 heavy (non-hydrogen) atoms. The minimum atomic E-state index is -2.92. The molecule has 0 bridgehead atoms. The van der Waals surface area contributed by atoms with E-state index in [0.29, 0.717) is 11.1 Å². The van der Waals surface area contributed by atoms with Crippen LogP contribution in [0.5, 0.6) is 5.75 Å².